The number of carbonyl (C=O) groups excluding carboxylic acids is 1. The van der Waals surface area contributed by atoms with Crippen molar-refractivity contribution in [2.75, 3.05) is 19.0 Å². The van der Waals surface area contributed by atoms with E-state index < -0.39 is 5.79 Å². The molecule has 0 spiro atoms. The Hall–Kier alpha value is -0.0600. The van der Waals surface area contributed by atoms with Crippen LogP contribution in [0.1, 0.15) is 34.1 Å². The Balaban J connectivity index is 2.52. The molecular weight excluding hydrogens is 212 g/mol. The van der Waals surface area contributed by atoms with Gasteiger partial charge in [0.1, 0.15) is 0 Å². The van der Waals surface area contributed by atoms with Gasteiger partial charge in [-0.15, -0.1) is 0 Å². The van der Waals surface area contributed by atoms with Crippen LogP contribution in [-0.2, 0) is 14.3 Å². The van der Waals surface area contributed by atoms with Gasteiger partial charge >= 0.3 is 0 Å². The predicted octanol–water partition coefficient (Wildman–Crippen LogP) is 2.45. The summed E-state index contributed by atoms with van der Waals surface area (Å²) in [5.41, 5.74) is 0.00581. The van der Waals surface area contributed by atoms with Crippen molar-refractivity contribution in [1.29, 1.82) is 0 Å². The molecule has 1 heterocycles. The lowest BCUT2D eigenvalue weighted by Gasteiger charge is -2.42. The third-order valence-corrected chi connectivity index (χ3v) is 3.95. The first-order chi connectivity index (χ1) is 6.89. The Bertz CT molecular complexity index is 228. The highest BCUT2D eigenvalue weighted by atomic mass is 32.2. The number of carbonyl (C=O) groups is 1. The maximum Gasteiger partial charge on any atom is 0.185 e. The van der Waals surface area contributed by atoms with E-state index in [1.807, 2.05) is 13.8 Å². The summed E-state index contributed by atoms with van der Waals surface area (Å²) in [5, 5.41) is 0.160. The number of hydrogen-bond acceptors (Lipinski definition) is 4. The van der Waals surface area contributed by atoms with E-state index in [4.69, 9.17) is 9.47 Å². The van der Waals surface area contributed by atoms with Crippen LogP contribution in [0.25, 0.3) is 0 Å². The highest BCUT2D eigenvalue weighted by Crippen LogP contribution is 2.35. The van der Waals surface area contributed by atoms with Crippen LogP contribution >= 0.6 is 11.8 Å². The molecular formula is C11H20O3S. The average Bonchev–Trinajstić information content (AvgIpc) is 2.17. The van der Waals surface area contributed by atoms with Crippen molar-refractivity contribution in [1.82, 2.24) is 0 Å². The molecule has 0 aromatic rings. The van der Waals surface area contributed by atoms with Crippen LogP contribution in [0.15, 0.2) is 0 Å². The van der Waals surface area contributed by atoms with Crippen LogP contribution in [0.3, 0.4) is 0 Å². The summed E-state index contributed by atoms with van der Waals surface area (Å²) in [6.45, 7) is 8.91. The van der Waals surface area contributed by atoms with Gasteiger partial charge in [-0.05, 0) is 20.3 Å². The molecule has 1 saturated heterocycles. The fourth-order valence-corrected chi connectivity index (χ4v) is 2.26. The van der Waals surface area contributed by atoms with Gasteiger partial charge in [0.05, 0.1) is 13.2 Å². The minimum absolute atomic E-state index is 0.00581. The summed E-state index contributed by atoms with van der Waals surface area (Å²) in [6, 6.07) is 0. The number of ether oxygens (including phenoxy) is 2. The molecule has 1 rings (SSSR count). The second-order valence-electron chi connectivity index (χ2n) is 4.61. The first-order valence-electron chi connectivity index (χ1n) is 5.30. The molecule has 0 radical (unpaired) electrons. The lowest BCUT2D eigenvalue weighted by molar-refractivity contribution is -0.281. The largest absolute Gasteiger partial charge is 0.350 e. The van der Waals surface area contributed by atoms with Gasteiger partial charge in [0, 0.05) is 18.1 Å². The second-order valence-corrected chi connectivity index (χ2v) is 5.76. The second kappa shape index (κ2) is 4.85. The van der Waals surface area contributed by atoms with Gasteiger partial charge in [0.25, 0.3) is 0 Å². The zero-order valence-corrected chi connectivity index (χ0v) is 10.8. The van der Waals surface area contributed by atoms with Gasteiger partial charge in [-0.1, -0.05) is 18.7 Å². The lowest BCUT2D eigenvalue weighted by atomic mass is 9.88. The maximum absolute atomic E-state index is 11.0. The third-order valence-electron chi connectivity index (χ3n) is 2.78. The fraction of sp³-hybridized carbons (Fsp3) is 0.909. The van der Waals surface area contributed by atoms with Crippen molar-refractivity contribution >= 4 is 16.9 Å². The lowest BCUT2D eigenvalue weighted by Crippen LogP contribution is -2.47. The summed E-state index contributed by atoms with van der Waals surface area (Å²) >= 11 is 1.36. The monoisotopic (exact) mass is 232 g/mol. The molecule has 1 aliphatic rings. The quantitative estimate of drug-likeness (QED) is 0.748. The topological polar surface area (TPSA) is 35.5 Å². The van der Waals surface area contributed by atoms with E-state index in [2.05, 4.69) is 6.92 Å². The van der Waals surface area contributed by atoms with E-state index in [-0.39, 0.29) is 10.5 Å². The molecule has 0 aromatic heterocycles. The van der Waals surface area contributed by atoms with Gasteiger partial charge in [0.15, 0.2) is 10.9 Å². The van der Waals surface area contributed by atoms with E-state index in [0.29, 0.717) is 13.2 Å². The van der Waals surface area contributed by atoms with Crippen LogP contribution in [-0.4, -0.2) is 29.9 Å². The standard InChI is InChI=1S/C11H20O3S/c1-5-11(8-15-9(2)12)6-13-10(3,4)14-7-11/h5-8H2,1-4H3. The smallest absolute Gasteiger partial charge is 0.185 e. The first kappa shape index (κ1) is 13.0. The molecule has 0 unspecified atom stereocenters. The Labute approximate surface area is 95.9 Å². The van der Waals surface area contributed by atoms with Crippen LogP contribution in [0, 0.1) is 5.41 Å². The van der Waals surface area contributed by atoms with Crippen molar-refractivity contribution in [3.8, 4) is 0 Å². The minimum atomic E-state index is -0.473. The summed E-state index contributed by atoms with van der Waals surface area (Å²) < 4.78 is 11.3. The average molecular weight is 232 g/mol. The van der Waals surface area contributed by atoms with Crippen LogP contribution in [0.2, 0.25) is 0 Å². The molecule has 3 nitrogen and oxygen atoms in total. The maximum atomic E-state index is 11.0. The van der Waals surface area contributed by atoms with Crippen molar-refractivity contribution in [2.45, 2.75) is 39.9 Å². The van der Waals surface area contributed by atoms with E-state index in [9.17, 15) is 4.79 Å². The van der Waals surface area contributed by atoms with Crippen molar-refractivity contribution in [3.05, 3.63) is 0 Å². The Kier molecular flexibility index (Phi) is 4.20. The Morgan fingerprint density at radius 1 is 1.33 bits per heavy atom. The molecule has 1 fully saturated rings. The zero-order chi connectivity index (χ0) is 11.5. The van der Waals surface area contributed by atoms with Gasteiger partial charge in [-0.3, -0.25) is 4.79 Å². The summed E-state index contributed by atoms with van der Waals surface area (Å²) in [7, 11) is 0. The molecule has 88 valence electrons. The first-order valence-corrected chi connectivity index (χ1v) is 6.29. The molecule has 0 atom stereocenters. The van der Waals surface area contributed by atoms with Gasteiger partial charge in [0.2, 0.25) is 0 Å². The van der Waals surface area contributed by atoms with E-state index in [1.165, 1.54) is 11.8 Å². The number of thioether (sulfide) groups is 1. The van der Waals surface area contributed by atoms with Crippen LogP contribution in [0.4, 0.5) is 0 Å². The Morgan fingerprint density at radius 3 is 2.27 bits per heavy atom. The molecule has 4 heteroatoms. The molecule has 0 amide bonds. The molecule has 0 bridgehead atoms. The highest BCUT2D eigenvalue weighted by molar-refractivity contribution is 8.13. The summed E-state index contributed by atoms with van der Waals surface area (Å²) in [4.78, 5) is 11.0. The van der Waals surface area contributed by atoms with E-state index >= 15 is 0 Å². The SMILES string of the molecule is CCC1(CSC(C)=O)COC(C)(C)OC1. The third kappa shape index (κ3) is 3.78. The predicted molar refractivity (Wildman–Crippen MR) is 61.8 cm³/mol. The molecule has 1 aliphatic heterocycles. The van der Waals surface area contributed by atoms with Crippen LogP contribution in [0.5, 0.6) is 0 Å². The minimum Gasteiger partial charge on any atom is -0.350 e. The molecule has 0 saturated carbocycles. The normalized spacial score (nSPS) is 23.7. The van der Waals surface area contributed by atoms with Gasteiger partial charge in [-0.25, -0.2) is 0 Å². The van der Waals surface area contributed by atoms with Crippen LogP contribution < -0.4 is 0 Å². The fourth-order valence-electron chi connectivity index (χ4n) is 1.38. The molecule has 0 N–H and O–H groups in total. The zero-order valence-electron chi connectivity index (χ0n) is 9.96. The molecule has 0 aromatic carbocycles. The molecule has 15 heavy (non-hydrogen) atoms. The Morgan fingerprint density at radius 2 is 1.87 bits per heavy atom. The summed E-state index contributed by atoms with van der Waals surface area (Å²) in [6.07, 6.45) is 0.976. The van der Waals surface area contributed by atoms with Gasteiger partial charge in [-0.2, -0.15) is 0 Å². The van der Waals surface area contributed by atoms with Crippen molar-refractivity contribution in [2.24, 2.45) is 5.41 Å². The molecule has 0 aliphatic carbocycles. The summed E-state index contributed by atoms with van der Waals surface area (Å²) in [5.74, 6) is 0.314. The highest BCUT2D eigenvalue weighted by Gasteiger charge is 2.38. The van der Waals surface area contributed by atoms with E-state index in [0.717, 1.165) is 12.2 Å². The van der Waals surface area contributed by atoms with Crippen molar-refractivity contribution in [3.63, 3.8) is 0 Å². The number of rotatable bonds is 3. The number of hydrogen-bond donors (Lipinski definition) is 0. The van der Waals surface area contributed by atoms with E-state index in [1.54, 1.807) is 6.92 Å². The van der Waals surface area contributed by atoms with Crippen molar-refractivity contribution < 1.29 is 14.3 Å². The van der Waals surface area contributed by atoms with Gasteiger partial charge < -0.3 is 9.47 Å².